The summed E-state index contributed by atoms with van der Waals surface area (Å²) in [4.78, 5) is -0.0405. The maximum atomic E-state index is 13.2. The van der Waals surface area contributed by atoms with Crippen LogP contribution in [0.25, 0.3) is 16.9 Å². The van der Waals surface area contributed by atoms with E-state index in [1.165, 1.54) is 36.1 Å². The predicted octanol–water partition coefficient (Wildman–Crippen LogP) is 3.97. The Labute approximate surface area is 165 Å². The molecule has 10 heteroatoms. The van der Waals surface area contributed by atoms with Crippen molar-refractivity contribution in [3.05, 3.63) is 58.2 Å². The minimum atomic E-state index is -3.82. The fourth-order valence-electron chi connectivity index (χ4n) is 2.58. The summed E-state index contributed by atoms with van der Waals surface area (Å²) in [6.07, 6.45) is 0. The normalized spacial score (nSPS) is 11.6. The van der Waals surface area contributed by atoms with Gasteiger partial charge in [0.25, 0.3) is 0 Å². The van der Waals surface area contributed by atoms with Crippen molar-refractivity contribution >= 4 is 33.2 Å². The Morgan fingerprint density at radius 1 is 1.15 bits per heavy atom. The van der Waals surface area contributed by atoms with Crippen molar-refractivity contribution in [2.75, 3.05) is 7.11 Å². The molecular weight excluding hydrogens is 416 g/mol. The number of halogens is 3. The molecular formula is C17H14Cl2FN3O3S. The lowest BCUT2D eigenvalue weighted by Gasteiger charge is -2.11. The second-order valence-corrected chi connectivity index (χ2v) is 7.95. The number of hydrogen-bond donors (Lipinski definition) is 1. The topological polar surface area (TPSA) is 87.2 Å². The number of rotatable bonds is 5. The second kappa shape index (κ2) is 7.47. The lowest BCUT2D eigenvalue weighted by atomic mass is 10.1. The molecule has 1 aromatic heterocycles. The fourth-order valence-corrected chi connectivity index (χ4v) is 3.73. The van der Waals surface area contributed by atoms with Gasteiger partial charge in [0.15, 0.2) is 5.75 Å². The largest absolute Gasteiger partial charge is 0.494 e. The van der Waals surface area contributed by atoms with Crippen molar-refractivity contribution in [3.63, 3.8) is 0 Å². The van der Waals surface area contributed by atoms with Crippen molar-refractivity contribution in [3.8, 4) is 22.7 Å². The summed E-state index contributed by atoms with van der Waals surface area (Å²) < 4.78 is 42.6. The minimum Gasteiger partial charge on any atom is -0.494 e. The zero-order chi connectivity index (χ0) is 19.8. The van der Waals surface area contributed by atoms with Crippen LogP contribution in [-0.2, 0) is 16.7 Å². The van der Waals surface area contributed by atoms with Crippen LogP contribution in [0.2, 0.25) is 10.0 Å². The van der Waals surface area contributed by atoms with Gasteiger partial charge in [0, 0.05) is 5.56 Å². The first-order valence-corrected chi connectivity index (χ1v) is 9.86. The molecule has 1 heterocycles. The predicted molar refractivity (Wildman–Crippen MR) is 102 cm³/mol. The summed E-state index contributed by atoms with van der Waals surface area (Å²) in [7, 11) is -2.37. The van der Waals surface area contributed by atoms with Gasteiger partial charge < -0.3 is 4.74 Å². The first kappa shape index (κ1) is 19.6. The number of nitrogens with two attached hydrogens (primary N) is 1. The van der Waals surface area contributed by atoms with E-state index in [1.807, 2.05) is 0 Å². The lowest BCUT2D eigenvalue weighted by molar-refractivity contribution is 0.415. The van der Waals surface area contributed by atoms with E-state index >= 15 is 0 Å². The molecule has 0 aliphatic rings. The molecule has 3 aromatic rings. The molecule has 0 fully saturated rings. The zero-order valence-electron chi connectivity index (χ0n) is 14.0. The third kappa shape index (κ3) is 3.93. The van der Waals surface area contributed by atoms with E-state index in [-0.39, 0.29) is 10.6 Å². The maximum Gasteiger partial charge on any atom is 0.238 e. The Bertz CT molecular complexity index is 1080. The summed E-state index contributed by atoms with van der Waals surface area (Å²) in [5.41, 5.74) is 1.83. The number of benzene rings is 2. The quantitative estimate of drug-likeness (QED) is 0.664. The minimum absolute atomic E-state index is 0.0405. The van der Waals surface area contributed by atoms with E-state index < -0.39 is 16.7 Å². The highest BCUT2D eigenvalue weighted by Crippen LogP contribution is 2.38. The van der Waals surface area contributed by atoms with Gasteiger partial charge in [-0.3, -0.25) is 0 Å². The SMILES string of the molecule is COc1c(Cl)cc(-c2cc(CF)nn2-c2ccc(S(N)(=O)=O)cc2)cc1Cl. The van der Waals surface area contributed by atoms with Gasteiger partial charge in [0.05, 0.1) is 39.1 Å². The average Bonchev–Trinajstić information content (AvgIpc) is 3.05. The summed E-state index contributed by atoms with van der Waals surface area (Å²) >= 11 is 12.4. The van der Waals surface area contributed by atoms with Crippen LogP contribution in [0.4, 0.5) is 4.39 Å². The molecule has 0 saturated carbocycles. The Balaban J connectivity index is 2.15. The Morgan fingerprint density at radius 2 is 1.74 bits per heavy atom. The Morgan fingerprint density at radius 3 is 2.22 bits per heavy atom. The van der Waals surface area contributed by atoms with Gasteiger partial charge in [0.2, 0.25) is 10.0 Å². The molecule has 0 amide bonds. The first-order valence-electron chi connectivity index (χ1n) is 7.56. The molecule has 0 radical (unpaired) electrons. The van der Waals surface area contributed by atoms with Gasteiger partial charge in [-0.1, -0.05) is 23.2 Å². The van der Waals surface area contributed by atoms with Crippen LogP contribution in [0.3, 0.4) is 0 Å². The van der Waals surface area contributed by atoms with Crippen LogP contribution >= 0.6 is 23.2 Å². The molecule has 27 heavy (non-hydrogen) atoms. The molecule has 2 aromatic carbocycles. The number of alkyl halides is 1. The summed E-state index contributed by atoms with van der Waals surface area (Å²) in [5, 5.41) is 9.91. The number of primary sulfonamides is 1. The fraction of sp³-hybridized carbons (Fsp3) is 0.118. The molecule has 0 aliphatic carbocycles. The molecule has 0 saturated heterocycles. The van der Waals surface area contributed by atoms with Crippen LogP contribution in [0.5, 0.6) is 5.75 Å². The van der Waals surface area contributed by atoms with Crippen LogP contribution in [0.15, 0.2) is 47.4 Å². The van der Waals surface area contributed by atoms with E-state index in [1.54, 1.807) is 18.2 Å². The smallest absolute Gasteiger partial charge is 0.238 e. The van der Waals surface area contributed by atoms with Crippen LogP contribution in [0.1, 0.15) is 5.69 Å². The number of hydrogen-bond acceptors (Lipinski definition) is 4. The second-order valence-electron chi connectivity index (χ2n) is 5.58. The first-order chi connectivity index (χ1) is 12.7. The number of ether oxygens (including phenoxy) is 1. The van der Waals surface area contributed by atoms with Gasteiger partial charge >= 0.3 is 0 Å². The lowest BCUT2D eigenvalue weighted by Crippen LogP contribution is -2.12. The maximum absolute atomic E-state index is 13.2. The van der Waals surface area contributed by atoms with Crippen LogP contribution < -0.4 is 9.88 Å². The van der Waals surface area contributed by atoms with E-state index in [9.17, 15) is 12.8 Å². The Hall–Kier alpha value is -2.13. The van der Waals surface area contributed by atoms with Crippen molar-refractivity contribution in [1.29, 1.82) is 0 Å². The van der Waals surface area contributed by atoms with Gasteiger partial charge in [-0.25, -0.2) is 22.6 Å². The van der Waals surface area contributed by atoms with Gasteiger partial charge in [-0.15, -0.1) is 0 Å². The molecule has 3 rings (SSSR count). The molecule has 142 valence electrons. The number of aromatic nitrogens is 2. The molecule has 0 spiro atoms. The van der Waals surface area contributed by atoms with Crippen LogP contribution in [-0.4, -0.2) is 25.3 Å². The highest BCUT2D eigenvalue weighted by Gasteiger charge is 2.16. The molecule has 0 bridgehead atoms. The van der Waals surface area contributed by atoms with E-state index in [0.29, 0.717) is 32.7 Å². The van der Waals surface area contributed by atoms with E-state index in [2.05, 4.69) is 5.10 Å². The molecule has 0 aliphatic heterocycles. The highest BCUT2D eigenvalue weighted by molar-refractivity contribution is 7.89. The molecule has 0 atom stereocenters. The van der Waals surface area contributed by atoms with Crippen molar-refractivity contribution in [1.82, 2.24) is 9.78 Å². The number of methoxy groups -OCH3 is 1. The van der Waals surface area contributed by atoms with Gasteiger partial charge in [-0.2, -0.15) is 5.10 Å². The van der Waals surface area contributed by atoms with Gasteiger partial charge in [-0.05, 0) is 42.5 Å². The van der Waals surface area contributed by atoms with Crippen molar-refractivity contribution < 1.29 is 17.5 Å². The summed E-state index contributed by atoms with van der Waals surface area (Å²) in [6.45, 7) is -0.771. The Kier molecular flexibility index (Phi) is 5.43. The summed E-state index contributed by atoms with van der Waals surface area (Å²) in [5.74, 6) is 0.330. The molecule has 2 N–H and O–H groups in total. The third-order valence-corrected chi connectivity index (χ3v) is 5.30. The third-order valence-electron chi connectivity index (χ3n) is 3.80. The monoisotopic (exact) mass is 429 g/mol. The molecule has 0 unspecified atom stereocenters. The number of nitrogens with zero attached hydrogens (tertiary/aromatic N) is 2. The molecule has 6 nitrogen and oxygen atoms in total. The standard InChI is InChI=1S/C17H14Cl2FN3O3S/c1-26-17-14(18)6-10(7-15(17)19)16-8-11(9-20)22-23(16)12-2-4-13(5-3-12)27(21,24)25/h2-8H,9H2,1H3,(H2,21,24,25). The van der Waals surface area contributed by atoms with Gasteiger partial charge in [0.1, 0.15) is 6.67 Å². The van der Waals surface area contributed by atoms with E-state index in [4.69, 9.17) is 33.1 Å². The van der Waals surface area contributed by atoms with Crippen molar-refractivity contribution in [2.45, 2.75) is 11.6 Å². The van der Waals surface area contributed by atoms with E-state index in [0.717, 1.165) is 0 Å². The van der Waals surface area contributed by atoms with Crippen molar-refractivity contribution in [2.24, 2.45) is 5.14 Å². The van der Waals surface area contributed by atoms with Crippen LogP contribution in [0, 0.1) is 0 Å². The summed E-state index contributed by atoms with van der Waals surface area (Å²) in [6, 6.07) is 10.5. The zero-order valence-corrected chi connectivity index (χ0v) is 16.3. The number of sulfonamides is 1. The highest BCUT2D eigenvalue weighted by atomic mass is 35.5. The average molecular weight is 430 g/mol.